The van der Waals surface area contributed by atoms with Crippen LogP contribution in [0.2, 0.25) is 0 Å². The van der Waals surface area contributed by atoms with E-state index in [1.54, 1.807) is 0 Å². The van der Waals surface area contributed by atoms with Crippen LogP contribution in [0.1, 0.15) is 36.7 Å². The van der Waals surface area contributed by atoms with Gasteiger partial charge in [0.2, 0.25) is 0 Å². The van der Waals surface area contributed by atoms with Crippen molar-refractivity contribution in [2.45, 2.75) is 33.6 Å². The quantitative estimate of drug-likeness (QED) is 0.654. The van der Waals surface area contributed by atoms with E-state index >= 15 is 0 Å². The molecule has 0 amide bonds. The summed E-state index contributed by atoms with van der Waals surface area (Å²) in [5.41, 5.74) is 3.62. The van der Waals surface area contributed by atoms with Crippen molar-refractivity contribution in [3.8, 4) is 0 Å². The van der Waals surface area contributed by atoms with Crippen LogP contribution in [0.15, 0.2) is 22.6 Å². The van der Waals surface area contributed by atoms with E-state index in [2.05, 4.69) is 39.0 Å². The van der Waals surface area contributed by atoms with E-state index in [9.17, 15) is 0 Å². The molecule has 0 radical (unpaired) electrons. The van der Waals surface area contributed by atoms with Crippen molar-refractivity contribution < 1.29 is 4.42 Å². The molecule has 0 aliphatic carbocycles. The lowest BCUT2D eigenvalue weighted by Gasteiger charge is -2.03. The summed E-state index contributed by atoms with van der Waals surface area (Å²) >= 11 is 0. The Kier molecular flexibility index (Phi) is 2.10. The second-order valence-electron chi connectivity index (χ2n) is 4.19. The molecule has 2 rings (SSSR count). The van der Waals surface area contributed by atoms with Crippen molar-refractivity contribution in [1.82, 2.24) is 0 Å². The molecule has 0 N–H and O–H groups in total. The zero-order valence-corrected chi connectivity index (χ0v) is 9.22. The Morgan fingerprint density at radius 2 is 1.86 bits per heavy atom. The highest BCUT2D eigenvalue weighted by Gasteiger charge is 2.08. The fraction of sp³-hybridized carbons (Fsp3) is 0.385. The SMILES string of the molecule is Cc1oc2cc(C(C)C)ccc2c1C. The minimum Gasteiger partial charge on any atom is -0.461 e. The molecule has 0 saturated heterocycles. The van der Waals surface area contributed by atoms with Gasteiger partial charge in [-0.3, -0.25) is 0 Å². The normalized spacial score (nSPS) is 11.5. The molecule has 0 atom stereocenters. The topological polar surface area (TPSA) is 13.1 Å². The van der Waals surface area contributed by atoms with Gasteiger partial charge in [0.05, 0.1) is 0 Å². The Bertz CT molecular complexity index is 463. The summed E-state index contributed by atoms with van der Waals surface area (Å²) in [6.45, 7) is 8.52. The molecule has 0 bridgehead atoms. The summed E-state index contributed by atoms with van der Waals surface area (Å²) < 4.78 is 5.69. The van der Waals surface area contributed by atoms with E-state index in [1.165, 1.54) is 16.5 Å². The van der Waals surface area contributed by atoms with Gasteiger partial charge < -0.3 is 4.42 Å². The number of hydrogen-bond acceptors (Lipinski definition) is 1. The third kappa shape index (κ3) is 1.33. The van der Waals surface area contributed by atoms with Crippen LogP contribution in [0.3, 0.4) is 0 Å². The summed E-state index contributed by atoms with van der Waals surface area (Å²) in [6, 6.07) is 6.51. The Balaban J connectivity index is 2.67. The lowest BCUT2D eigenvalue weighted by molar-refractivity contribution is 0.574. The molecule has 0 fully saturated rings. The van der Waals surface area contributed by atoms with Crippen LogP contribution in [0.25, 0.3) is 11.0 Å². The average molecular weight is 188 g/mol. The van der Waals surface area contributed by atoms with Crippen LogP contribution < -0.4 is 0 Å². The van der Waals surface area contributed by atoms with E-state index in [0.717, 1.165) is 11.3 Å². The third-order valence-electron chi connectivity index (χ3n) is 2.87. The first-order valence-corrected chi connectivity index (χ1v) is 5.09. The van der Waals surface area contributed by atoms with Crippen molar-refractivity contribution in [2.24, 2.45) is 0 Å². The average Bonchev–Trinajstić information content (AvgIpc) is 2.42. The molecule has 0 unspecified atom stereocenters. The van der Waals surface area contributed by atoms with Gasteiger partial charge in [-0.2, -0.15) is 0 Å². The van der Waals surface area contributed by atoms with Gasteiger partial charge >= 0.3 is 0 Å². The second kappa shape index (κ2) is 3.16. The van der Waals surface area contributed by atoms with Crippen LogP contribution in [0, 0.1) is 13.8 Å². The molecule has 1 aromatic carbocycles. The predicted molar refractivity (Wildman–Crippen MR) is 59.8 cm³/mol. The minimum atomic E-state index is 0.560. The fourth-order valence-electron chi connectivity index (χ4n) is 1.72. The van der Waals surface area contributed by atoms with Crippen molar-refractivity contribution in [3.63, 3.8) is 0 Å². The zero-order chi connectivity index (χ0) is 10.3. The molecule has 0 aliphatic rings. The Morgan fingerprint density at radius 3 is 2.50 bits per heavy atom. The lowest BCUT2D eigenvalue weighted by atomic mass is 10.0. The monoisotopic (exact) mass is 188 g/mol. The molecule has 14 heavy (non-hydrogen) atoms. The smallest absolute Gasteiger partial charge is 0.134 e. The van der Waals surface area contributed by atoms with E-state index in [-0.39, 0.29) is 0 Å². The molecule has 2 aromatic rings. The van der Waals surface area contributed by atoms with Crippen LogP contribution in [0.4, 0.5) is 0 Å². The van der Waals surface area contributed by atoms with Crippen molar-refractivity contribution in [3.05, 3.63) is 35.1 Å². The summed E-state index contributed by atoms with van der Waals surface area (Å²) in [4.78, 5) is 0. The van der Waals surface area contributed by atoms with Gasteiger partial charge in [-0.1, -0.05) is 26.0 Å². The van der Waals surface area contributed by atoms with E-state index < -0.39 is 0 Å². The van der Waals surface area contributed by atoms with Gasteiger partial charge in [0.25, 0.3) is 0 Å². The lowest BCUT2D eigenvalue weighted by Crippen LogP contribution is -1.85. The minimum absolute atomic E-state index is 0.560. The maximum atomic E-state index is 5.69. The number of hydrogen-bond donors (Lipinski definition) is 0. The fourth-order valence-corrected chi connectivity index (χ4v) is 1.72. The zero-order valence-electron chi connectivity index (χ0n) is 9.22. The molecule has 1 heteroatoms. The first kappa shape index (κ1) is 9.32. The van der Waals surface area contributed by atoms with Gasteiger partial charge in [-0.25, -0.2) is 0 Å². The number of rotatable bonds is 1. The molecule has 1 heterocycles. The van der Waals surface area contributed by atoms with Gasteiger partial charge in [-0.05, 0) is 37.0 Å². The van der Waals surface area contributed by atoms with Crippen LogP contribution in [-0.4, -0.2) is 0 Å². The van der Waals surface area contributed by atoms with Crippen molar-refractivity contribution in [2.75, 3.05) is 0 Å². The van der Waals surface area contributed by atoms with E-state index in [0.29, 0.717) is 5.92 Å². The molecule has 0 saturated carbocycles. The highest BCUT2D eigenvalue weighted by atomic mass is 16.3. The maximum Gasteiger partial charge on any atom is 0.134 e. The molecule has 1 aromatic heterocycles. The van der Waals surface area contributed by atoms with E-state index in [4.69, 9.17) is 4.42 Å². The van der Waals surface area contributed by atoms with Gasteiger partial charge in [0.1, 0.15) is 11.3 Å². The van der Waals surface area contributed by atoms with Gasteiger partial charge in [0, 0.05) is 5.39 Å². The first-order valence-electron chi connectivity index (χ1n) is 5.09. The molecular formula is C13H16O. The predicted octanol–water partition coefficient (Wildman–Crippen LogP) is 4.17. The van der Waals surface area contributed by atoms with Gasteiger partial charge in [0.15, 0.2) is 0 Å². The van der Waals surface area contributed by atoms with Crippen LogP contribution >= 0.6 is 0 Å². The number of fused-ring (bicyclic) bond motifs is 1. The van der Waals surface area contributed by atoms with Crippen LogP contribution in [0.5, 0.6) is 0 Å². The summed E-state index contributed by atoms with van der Waals surface area (Å²) in [5.74, 6) is 1.59. The molecule has 1 nitrogen and oxygen atoms in total. The standard InChI is InChI=1S/C13H16O/c1-8(2)11-5-6-12-9(3)10(4)14-13(12)7-11/h5-8H,1-4H3. The molecular weight excluding hydrogens is 172 g/mol. The summed E-state index contributed by atoms with van der Waals surface area (Å²) in [7, 11) is 0. The third-order valence-corrected chi connectivity index (χ3v) is 2.87. The molecule has 0 aliphatic heterocycles. The van der Waals surface area contributed by atoms with Gasteiger partial charge in [-0.15, -0.1) is 0 Å². The number of benzene rings is 1. The van der Waals surface area contributed by atoms with Crippen LogP contribution in [-0.2, 0) is 0 Å². The largest absolute Gasteiger partial charge is 0.461 e. The number of furan rings is 1. The summed E-state index contributed by atoms with van der Waals surface area (Å²) in [6.07, 6.45) is 0. The number of aryl methyl sites for hydroxylation is 2. The maximum absolute atomic E-state index is 5.69. The first-order chi connectivity index (χ1) is 6.59. The van der Waals surface area contributed by atoms with Crippen molar-refractivity contribution >= 4 is 11.0 Å². The molecule has 0 spiro atoms. The highest BCUT2D eigenvalue weighted by Crippen LogP contribution is 2.27. The van der Waals surface area contributed by atoms with Crippen molar-refractivity contribution in [1.29, 1.82) is 0 Å². The Morgan fingerprint density at radius 1 is 1.14 bits per heavy atom. The molecule has 74 valence electrons. The summed E-state index contributed by atoms with van der Waals surface area (Å²) in [5, 5.41) is 1.24. The Hall–Kier alpha value is -1.24. The van der Waals surface area contributed by atoms with E-state index in [1.807, 2.05) is 6.92 Å². The highest BCUT2D eigenvalue weighted by molar-refractivity contribution is 5.82. The Labute approximate surface area is 84.7 Å². The second-order valence-corrected chi connectivity index (χ2v) is 4.19.